The van der Waals surface area contributed by atoms with E-state index < -0.39 is 22.0 Å². The van der Waals surface area contributed by atoms with Gasteiger partial charge in [-0.2, -0.15) is 4.31 Å². The number of aliphatic carboxylic acids is 1. The zero-order valence-electron chi connectivity index (χ0n) is 9.91. The lowest BCUT2D eigenvalue weighted by Gasteiger charge is -2.20. The van der Waals surface area contributed by atoms with Crippen LogP contribution in [0.15, 0.2) is 23.2 Å². The topological polar surface area (TPSA) is 87.6 Å². The van der Waals surface area contributed by atoms with Crippen LogP contribution < -0.4 is 0 Å². The van der Waals surface area contributed by atoms with Crippen molar-refractivity contribution in [3.05, 3.63) is 24.0 Å². The van der Waals surface area contributed by atoms with Crippen molar-refractivity contribution >= 4 is 16.0 Å². The van der Waals surface area contributed by atoms with Crippen LogP contribution in [0.5, 0.6) is 0 Å². The van der Waals surface area contributed by atoms with E-state index >= 15 is 0 Å². The molecule has 6 nitrogen and oxygen atoms in total. The molecule has 2 heterocycles. The average molecular weight is 270 g/mol. The molecule has 0 bridgehead atoms. The third-order valence-electron chi connectivity index (χ3n) is 2.98. The van der Waals surface area contributed by atoms with Gasteiger partial charge in [-0.25, -0.2) is 8.42 Å². The van der Waals surface area contributed by atoms with E-state index in [9.17, 15) is 13.2 Å². The SMILES string of the molecule is Cc1ccc(S(=O)(=O)N2CCC[C@@H]2C(=O)O)cn1. The highest BCUT2D eigenvalue weighted by atomic mass is 32.2. The Labute approximate surface area is 105 Å². The van der Waals surface area contributed by atoms with Crippen LogP contribution in [0.25, 0.3) is 0 Å². The Kier molecular flexibility index (Phi) is 3.36. The fraction of sp³-hybridized carbons (Fsp3) is 0.455. The average Bonchev–Trinajstić information content (AvgIpc) is 2.79. The van der Waals surface area contributed by atoms with Gasteiger partial charge in [0.25, 0.3) is 0 Å². The van der Waals surface area contributed by atoms with Gasteiger partial charge in [0.05, 0.1) is 0 Å². The number of carboxylic acid groups (broad SMARTS) is 1. The van der Waals surface area contributed by atoms with Crippen LogP contribution in [0.3, 0.4) is 0 Å². The third kappa shape index (κ3) is 2.23. The number of carboxylic acids is 1. The first-order valence-electron chi connectivity index (χ1n) is 5.60. The van der Waals surface area contributed by atoms with E-state index in [1.807, 2.05) is 0 Å². The fourth-order valence-electron chi connectivity index (χ4n) is 2.02. The molecular formula is C11H14N2O4S. The molecule has 0 saturated carbocycles. The Morgan fingerprint density at radius 3 is 2.78 bits per heavy atom. The van der Waals surface area contributed by atoms with Crippen LogP contribution in [0, 0.1) is 6.92 Å². The molecule has 98 valence electrons. The van der Waals surface area contributed by atoms with Gasteiger partial charge in [-0.15, -0.1) is 0 Å². The Bertz CT molecular complexity index is 553. The zero-order valence-corrected chi connectivity index (χ0v) is 10.7. The fourth-order valence-corrected chi connectivity index (χ4v) is 3.61. The molecule has 1 fully saturated rings. The van der Waals surface area contributed by atoms with Crippen LogP contribution in [0.2, 0.25) is 0 Å². The minimum atomic E-state index is -3.76. The summed E-state index contributed by atoms with van der Waals surface area (Å²) in [5.41, 5.74) is 0.713. The summed E-state index contributed by atoms with van der Waals surface area (Å²) in [5, 5.41) is 9.02. The Morgan fingerprint density at radius 1 is 1.50 bits per heavy atom. The highest BCUT2D eigenvalue weighted by Crippen LogP contribution is 2.25. The summed E-state index contributed by atoms with van der Waals surface area (Å²) in [7, 11) is -3.76. The summed E-state index contributed by atoms with van der Waals surface area (Å²) in [6, 6.07) is 2.09. The second-order valence-electron chi connectivity index (χ2n) is 4.25. The van der Waals surface area contributed by atoms with Crippen molar-refractivity contribution in [2.24, 2.45) is 0 Å². The largest absolute Gasteiger partial charge is 0.480 e. The minimum Gasteiger partial charge on any atom is -0.480 e. The maximum atomic E-state index is 12.3. The second-order valence-corrected chi connectivity index (χ2v) is 6.14. The molecule has 1 saturated heterocycles. The van der Waals surface area contributed by atoms with Gasteiger partial charge >= 0.3 is 5.97 Å². The summed E-state index contributed by atoms with van der Waals surface area (Å²) in [6.45, 7) is 2.00. The monoisotopic (exact) mass is 270 g/mol. The number of nitrogens with zero attached hydrogens (tertiary/aromatic N) is 2. The highest BCUT2D eigenvalue weighted by Gasteiger charge is 2.39. The Balaban J connectivity index is 2.36. The van der Waals surface area contributed by atoms with Crippen molar-refractivity contribution in [3.8, 4) is 0 Å². The van der Waals surface area contributed by atoms with Gasteiger partial charge in [0, 0.05) is 18.4 Å². The number of sulfonamides is 1. The molecule has 1 aliphatic heterocycles. The van der Waals surface area contributed by atoms with Crippen molar-refractivity contribution in [1.82, 2.24) is 9.29 Å². The number of carbonyl (C=O) groups is 1. The van der Waals surface area contributed by atoms with Crippen molar-refractivity contribution in [2.75, 3.05) is 6.54 Å². The molecule has 1 atom stereocenters. The number of hydrogen-bond acceptors (Lipinski definition) is 4. The Morgan fingerprint density at radius 2 is 2.22 bits per heavy atom. The Hall–Kier alpha value is -1.47. The molecule has 0 aromatic carbocycles. The lowest BCUT2D eigenvalue weighted by atomic mass is 10.2. The van der Waals surface area contributed by atoms with Gasteiger partial charge in [0.2, 0.25) is 10.0 Å². The van der Waals surface area contributed by atoms with Gasteiger partial charge in [-0.1, -0.05) is 0 Å². The number of rotatable bonds is 3. The van der Waals surface area contributed by atoms with Gasteiger partial charge in [-0.05, 0) is 31.9 Å². The molecule has 0 radical (unpaired) electrons. The number of aromatic nitrogens is 1. The lowest BCUT2D eigenvalue weighted by molar-refractivity contribution is -0.140. The summed E-state index contributed by atoms with van der Waals surface area (Å²) < 4.78 is 25.6. The lowest BCUT2D eigenvalue weighted by Crippen LogP contribution is -2.40. The van der Waals surface area contributed by atoms with Crippen LogP contribution >= 0.6 is 0 Å². The molecule has 18 heavy (non-hydrogen) atoms. The van der Waals surface area contributed by atoms with Crippen molar-refractivity contribution < 1.29 is 18.3 Å². The summed E-state index contributed by atoms with van der Waals surface area (Å²) in [4.78, 5) is 15.0. The molecule has 0 unspecified atom stereocenters. The smallest absolute Gasteiger partial charge is 0.322 e. The predicted octanol–water partition coefficient (Wildman–Crippen LogP) is 0.628. The molecular weight excluding hydrogens is 256 g/mol. The van der Waals surface area contributed by atoms with Crippen molar-refractivity contribution in [3.63, 3.8) is 0 Å². The van der Waals surface area contributed by atoms with Crippen LogP contribution in [0.1, 0.15) is 18.5 Å². The summed E-state index contributed by atoms with van der Waals surface area (Å²) >= 11 is 0. The molecule has 7 heteroatoms. The zero-order chi connectivity index (χ0) is 13.3. The highest BCUT2D eigenvalue weighted by molar-refractivity contribution is 7.89. The molecule has 0 aliphatic carbocycles. The van der Waals surface area contributed by atoms with E-state index in [1.54, 1.807) is 13.0 Å². The van der Waals surface area contributed by atoms with Gasteiger partial charge in [-0.3, -0.25) is 9.78 Å². The van der Waals surface area contributed by atoms with Gasteiger partial charge in [0.15, 0.2) is 0 Å². The van der Waals surface area contributed by atoms with Crippen LogP contribution in [0.4, 0.5) is 0 Å². The minimum absolute atomic E-state index is 0.0428. The van der Waals surface area contributed by atoms with E-state index in [4.69, 9.17) is 5.11 Å². The first-order valence-corrected chi connectivity index (χ1v) is 7.04. The summed E-state index contributed by atoms with van der Waals surface area (Å²) in [5.74, 6) is -1.10. The molecule has 0 amide bonds. The first kappa shape index (κ1) is 13.0. The quantitative estimate of drug-likeness (QED) is 0.870. The van der Waals surface area contributed by atoms with Gasteiger partial charge < -0.3 is 5.11 Å². The van der Waals surface area contributed by atoms with E-state index in [2.05, 4.69) is 4.98 Å². The van der Waals surface area contributed by atoms with E-state index in [0.29, 0.717) is 18.5 Å². The van der Waals surface area contributed by atoms with E-state index in [-0.39, 0.29) is 11.4 Å². The van der Waals surface area contributed by atoms with Crippen LogP contribution in [-0.2, 0) is 14.8 Å². The van der Waals surface area contributed by atoms with Crippen molar-refractivity contribution in [1.29, 1.82) is 0 Å². The van der Waals surface area contributed by atoms with E-state index in [1.165, 1.54) is 12.3 Å². The second kappa shape index (κ2) is 4.66. The van der Waals surface area contributed by atoms with E-state index in [0.717, 1.165) is 4.31 Å². The maximum absolute atomic E-state index is 12.3. The third-order valence-corrected chi connectivity index (χ3v) is 4.87. The standard InChI is InChI=1S/C11H14N2O4S/c1-8-4-5-9(7-12-8)18(16,17)13-6-2-3-10(13)11(14)15/h4-5,7,10H,2-3,6H2,1H3,(H,14,15)/t10-/m1/s1. The van der Waals surface area contributed by atoms with Gasteiger partial charge in [0.1, 0.15) is 10.9 Å². The maximum Gasteiger partial charge on any atom is 0.322 e. The first-order chi connectivity index (χ1) is 8.43. The molecule has 2 rings (SSSR count). The molecule has 0 spiro atoms. The molecule has 1 aliphatic rings. The summed E-state index contributed by atoms with van der Waals surface area (Å²) in [6.07, 6.45) is 2.19. The normalized spacial score (nSPS) is 21.1. The molecule has 1 aromatic heterocycles. The number of aryl methyl sites for hydroxylation is 1. The van der Waals surface area contributed by atoms with Crippen molar-refractivity contribution in [2.45, 2.75) is 30.7 Å². The number of hydrogen-bond donors (Lipinski definition) is 1. The van der Waals surface area contributed by atoms with Crippen LogP contribution in [-0.4, -0.2) is 41.4 Å². The predicted molar refractivity (Wildman–Crippen MR) is 63.5 cm³/mol. The molecule has 1 aromatic rings. The molecule has 1 N–H and O–H groups in total. The number of pyridine rings is 1.